The number of benzene rings is 2. The van der Waals surface area contributed by atoms with E-state index in [1.807, 2.05) is 30.3 Å². The molecular weight excluding hydrogens is 338 g/mol. The van der Waals surface area contributed by atoms with E-state index in [0.29, 0.717) is 6.54 Å². The number of fused-ring (bicyclic) bond motifs is 2. The molecule has 0 bridgehead atoms. The largest absolute Gasteiger partial charge is 0.358 e. The van der Waals surface area contributed by atoms with Crippen molar-refractivity contribution in [3.63, 3.8) is 0 Å². The third-order valence-corrected chi connectivity index (χ3v) is 5.36. The second kappa shape index (κ2) is 6.91. The fourth-order valence-corrected chi connectivity index (χ4v) is 3.85. The number of para-hydroxylation sites is 1. The summed E-state index contributed by atoms with van der Waals surface area (Å²) in [6, 6.07) is 13.7. The third kappa shape index (κ3) is 3.21. The molecule has 3 N–H and O–H groups in total. The number of hydrogen-bond acceptors (Lipinski definition) is 2. The molecule has 0 fully saturated rings. The number of aromatic amines is 1. The topological polar surface area (TPSA) is 74.0 Å². The highest BCUT2D eigenvalue weighted by atomic mass is 16.2. The first-order valence-electron chi connectivity index (χ1n) is 9.33. The maximum Gasteiger partial charge on any atom is 0.228 e. The fourth-order valence-electron chi connectivity index (χ4n) is 3.85. The molecule has 4 rings (SSSR count). The average molecular weight is 361 g/mol. The molecule has 1 unspecified atom stereocenters. The highest BCUT2D eigenvalue weighted by Gasteiger charge is 2.30. The Morgan fingerprint density at radius 3 is 2.85 bits per heavy atom. The molecule has 138 valence electrons. The second-order valence-electron chi connectivity index (χ2n) is 7.07. The van der Waals surface area contributed by atoms with Crippen LogP contribution in [0.25, 0.3) is 10.9 Å². The van der Waals surface area contributed by atoms with Crippen molar-refractivity contribution in [3.8, 4) is 0 Å². The number of aryl methyl sites for hydroxylation is 2. The Kier molecular flexibility index (Phi) is 4.44. The Hall–Kier alpha value is -3.08. The lowest BCUT2D eigenvalue weighted by atomic mass is 9.90. The van der Waals surface area contributed by atoms with Crippen LogP contribution in [0.2, 0.25) is 0 Å². The molecule has 5 heteroatoms. The number of carbonyl (C=O) groups excluding carboxylic acids is 2. The van der Waals surface area contributed by atoms with Crippen molar-refractivity contribution < 1.29 is 9.59 Å². The van der Waals surface area contributed by atoms with Crippen LogP contribution in [0.5, 0.6) is 0 Å². The van der Waals surface area contributed by atoms with Gasteiger partial charge in [0.25, 0.3) is 0 Å². The summed E-state index contributed by atoms with van der Waals surface area (Å²) in [5, 5.41) is 7.03. The van der Waals surface area contributed by atoms with Gasteiger partial charge >= 0.3 is 0 Å². The molecule has 1 aliphatic heterocycles. The van der Waals surface area contributed by atoms with E-state index in [1.165, 1.54) is 16.6 Å². The molecule has 0 spiro atoms. The molecule has 0 saturated heterocycles. The van der Waals surface area contributed by atoms with Crippen LogP contribution in [0.4, 0.5) is 5.69 Å². The van der Waals surface area contributed by atoms with Crippen molar-refractivity contribution in [2.75, 3.05) is 5.32 Å². The summed E-state index contributed by atoms with van der Waals surface area (Å²) in [5.41, 5.74) is 6.28. The molecule has 0 saturated carbocycles. The summed E-state index contributed by atoms with van der Waals surface area (Å²) in [6.45, 7) is 4.70. The van der Waals surface area contributed by atoms with Crippen LogP contribution in [-0.2, 0) is 22.6 Å². The van der Waals surface area contributed by atoms with Crippen LogP contribution in [0.1, 0.15) is 41.6 Å². The lowest BCUT2D eigenvalue weighted by molar-refractivity contribution is -0.126. The molecule has 2 aromatic carbocycles. The van der Waals surface area contributed by atoms with Crippen molar-refractivity contribution in [2.24, 2.45) is 0 Å². The maximum absolute atomic E-state index is 12.8. The Labute approximate surface area is 158 Å². The lowest BCUT2D eigenvalue weighted by Gasteiger charge is -2.24. The van der Waals surface area contributed by atoms with Gasteiger partial charge in [0, 0.05) is 35.2 Å². The molecule has 1 atom stereocenters. The molecule has 3 aromatic rings. The minimum absolute atomic E-state index is 0.113. The Morgan fingerprint density at radius 1 is 1.22 bits per heavy atom. The van der Waals surface area contributed by atoms with Gasteiger partial charge in [-0.15, -0.1) is 0 Å². The zero-order valence-electron chi connectivity index (χ0n) is 15.6. The number of H-pyrrole nitrogens is 1. The molecule has 5 nitrogen and oxygen atoms in total. The van der Waals surface area contributed by atoms with Gasteiger partial charge in [0.1, 0.15) is 0 Å². The SMILES string of the molecule is CCc1[nH]c2ccc(CNC(=O)C3CC(=O)Nc4ccccc43)cc2c1C. The molecule has 1 aromatic heterocycles. The van der Waals surface area contributed by atoms with Crippen LogP contribution in [0, 0.1) is 6.92 Å². The Bertz CT molecular complexity index is 1040. The van der Waals surface area contributed by atoms with Crippen LogP contribution in [-0.4, -0.2) is 16.8 Å². The summed E-state index contributed by atoms with van der Waals surface area (Å²) >= 11 is 0. The van der Waals surface area contributed by atoms with E-state index < -0.39 is 5.92 Å². The van der Waals surface area contributed by atoms with Crippen molar-refractivity contribution >= 4 is 28.4 Å². The number of amides is 2. The van der Waals surface area contributed by atoms with Gasteiger partial charge in [-0.25, -0.2) is 0 Å². The Balaban J connectivity index is 1.52. The van der Waals surface area contributed by atoms with Crippen molar-refractivity contribution in [2.45, 2.75) is 39.2 Å². The predicted molar refractivity (Wildman–Crippen MR) is 107 cm³/mol. The number of hydrogen-bond donors (Lipinski definition) is 3. The van der Waals surface area contributed by atoms with Gasteiger partial charge in [-0.3, -0.25) is 9.59 Å². The summed E-state index contributed by atoms with van der Waals surface area (Å²) in [4.78, 5) is 28.1. The van der Waals surface area contributed by atoms with Crippen LogP contribution >= 0.6 is 0 Å². The first-order chi connectivity index (χ1) is 13.1. The van der Waals surface area contributed by atoms with E-state index >= 15 is 0 Å². The van der Waals surface area contributed by atoms with E-state index in [9.17, 15) is 9.59 Å². The predicted octanol–water partition coefficient (Wildman–Crippen LogP) is 3.78. The third-order valence-electron chi connectivity index (χ3n) is 5.36. The second-order valence-corrected chi connectivity index (χ2v) is 7.07. The van der Waals surface area contributed by atoms with Gasteiger partial charge in [-0.2, -0.15) is 0 Å². The first kappa shape index (κ1) is 17.3. The number of nitrogens with one attached hydrogen (secondary N) is 3. The summed E-state index contributed by atoms with van der Waals surface area (Å²) in [7, 11) is 0. The minimum Gasteiger partial charge on any atom is -0.358 e. The quantitative estimate of drug-likeness (QED) is 0.662. The van der Waals surface area contributed by atoms with Gasteiger partial charge in [0.15, 0.2) is 0 Å². The summed E-state index contributed by atoms with van der Waals surface area (Å²) < 4.78 is 0. The lowest BCUT2D eigenvalue weighted by Crippen LogP contribution is -2.34. The molecule has 2 heterocycles. The van der Waals surface area contributed by atoms with E-state index in [-0.39, 0.29) is 18.2 Å². The van der Waals surface area contributed by atoms with Gasteiger partial charge in [0.05, 0.1) is 5.92 Å². The Morgan fingerprint density at radius 2 is 2.04 bits per heavy atom. The number of rotatable bonds is 4. The van der Waals surface area contributed by atoms with E-state index in [0.717, 1.165) is 28.8 Å². The van der Waals surface area contributed by atoms with Gasteiger partial charge in [0.2, 0.25) is 11.8 Å². The number of anilines is 1. The molecule has 1 aliphatic rings. The van der Waals surface area contributed by atoms with Crippen LogP contribution < -0.4 is 10.6 Å². The minimum atomic E-state index is -0.445. The summed E-state index contributed by atoms with van der Waals surface area (Å²) in [6.07, 6.45) is 1.15. The van der Waals surface area contributed by atoms with E-state index in [1.54, 1.807) is 0 Å². The van der Waals surface area contributed by atoms with Crippen LogP contribution in [0.15, 0.2) is 42.5 Å². The fraction of sp³-hybridized carbons (Fsp3) is 0.273. The van der Waals surface area contributed by atoms with E-state index in [4.69, 9.17) is 0 Å². The van der Waals surface area contributed by atoms with E-state index in [2.05, 4.69) is 41.6 Å². The maximum atomic E-state index is 12.8. The molecule has 0 aliphatic carbocycles. The standard InChI is InChI=1S/C22H23N3O2/c1-3-18-13(2)16-10-14(8-9-20(16)24-18)12-23-22(27)17-11-21(26)25-19-7-5-4-6-15(17)19/h4-10,17,24H,3,11-12H2,1-2H3,(H,23,27)(H,25,26). The number of aromatic nitrogens is 1. The van der Waals surface area contributed by atoms with Crippen molar-refractivity contribution in [1.82, 2.24) is 10.3 Å². The molecule has 2 amide bonds. The molecular formula is C22H23N3O2. The van der Waals surface area contributed by atoms with Gasteiger partial charge < -0.3 is 15.6 Å². The highest BCUT2D eigenvalue weighted by molar-refractivity contribution is 6.01. The molecule has 0 radical (unpaired) electrons. The van der Waals surface area contributed by atoms with Crippen molar-refractivity contribution in [1.29, 1.82) is 0 Å². The normalized spacial score (nSPS) is 16.1. The zero-order valence-corrected chi connectivity index (χ0v) is 15.6. The zero-order chi connectivity index (χ0) is 19.0. The average Bonchev–Trinajstić information content (AvgIpc) is 3.00. The highest BCUT2D eigenvalue weighted by Crippen LogP contribution is 2.32. The van der Waals surface area contributed by atoms with Crippen LogP contribution in [0.3, 0.4) is 0 Å². The van der Waals surface area contributed by atoms with Gasteiger partial charge in [-0.05, 0) is 48.2 Å². The summed E-state index contributed by atoms with van der Waals surface area (Å²) in [5.74, 6) is -0.679. The van der Waals surface area contributed by atoms with Crippen molar-refractivity contribution in [3.05, 3.63) is 64.8 Å². The molecule has 27 heavy (non-hydrogen) atoms. The van der Waals surface area contributed by atoms with Gasteiger partial charge in [-0.1, -0.05) is 31.2 Å². The first-order valence-corrected chi connectivity index (χ1v) is 9.33. The smallest absolute Gasteiger partial charge is 0.228 e. The number of carbonyl (C=O) groups is 2. The monoisotopic (exact) mass is 361 g/mol.